The number of primary amides is 1. The maximum absolute atomic E-state index is 14.6. The van der Waals surface area contributed by atoms with Gasteiger partial charge in [0.1, 0.15) is 12.4 Å². The molecule has 9 nitrogen and oxygen atoms in total. The van der Waals surface area contributed by atoms with Crippen LogP contribution in [0.25, 0.3) is 22.3 Å². The molecule has 0 saturated heterocycles. The van der Waals surface area contributed by atoms with E-state index < -0.39 is 12.1 Å². The van der Waals surface area contributed by atoms with Crippen LogP contribution in [0.3, 0.4) is 0 Å². The van der Waals surface area contributed by atoms with E-state index in [-0.39, 0.29) is 48.4 Å². The summed E-state index contributed by atoms with van der Waals surface area (Å²) in [4.78, 5) is 39.6. The second-order valence-electron chi connectivity index (χ2n) is 9.81. The molecule has 2 aromatic heterocycles. The third-order valence-electron chi connectivity index (χ3n) is 7.52. The average Bonchev–Trinajstić information content (AvgIpc) is 3.29. The number of pyridine rings is 2. The number of ether oxygens (including phenoxy) is 1. The predicted octanol–water partition coefficient (Wildman–Crippen LogP) is 3.28. The van der Waals surface area contributed by atoms with E-state index in [9.17, 15) is 23.9 Å². The van der Waals surface area contributed by atoms with E-state index >= 15 is 0 Å². The van der Waals surface area contributed by atoms with Crippen molar-refractivity contribution in [1.82, 2.24) is 9.55 Å². The topological polar surface area (TPSA) is 145 Å². The summed E-state index contributed by atoms with van der Waals surface area (Å²) in [6.45, 7) is 8.24. The lowest BCUT2D eigenvalue weighted by molar-refractivity contribution is -0.157. The summed E-state index contributed by atoms with van der Waals surface area (Å²) in [6.07, 6.45) is 1.000. The molecule has 2 atom stereocenters. The second kappa shape index (κ2) is 11.2. The van der Waals surface area contributed by atoms with Gasteiger partial charge in [-0.2, -0.15) is 0 Å². The number of halogens is 1. The van der Waals surface area contributed by atoms with E-state index in [1.165, 1.54) is 6.07 Å². The highest BCUT2D eigenvalue weighted by Crippen LogP contribution is 2.45. The van der Waals surface area contributed by atoms with Gasteiger partial charge in [-0.1, -0.05) is 20.8 Å². The lowest BCUT2D eigenvalue weighted by atomic mass is 9.79. The molecule has 0 saturated carbocycles. The maximum atomic E-state index is 14.6. The van der Waals surface area contributed by atoms with Crippen LogP contribution in [0.1, 0.15) is 85.4 Å². The van der Waals surface area contributed by atoms with E-state index in [0.717, 1.165) is 34.9 Å². The fourth-order valence-corrected chi connectivity index (χ4v) is 5.59. The Bertz CT molecular complexity index is 1530. The number of nitrogens with zero attached hydrogens (tertiary/aromatic N) is 2. The molecule has 0 bridgehead atoms. The number of aliphatic hydroxyl groups excluding tert-OH is 2. The van der Waals surface area contributed by atoms with E-state index in [0.29, 0.717) is 41.0 Å². The summed E-state index contributed by atoms with van der Waals surface area (Å²) in [7, 11) is 0. The lowest BCUT2D eigenvalue weighted by Gasteiger charge is -2.26. The van der Waals surface area contributed by atoms with Crippen LogP contribution in [0.2, 0.25) is 0 Å². The van der Waals surface area contributed by atoms with Crippen LogP contribution in [0.4, 0.5) is 4.39 Å². The van der Waals surface area contributed by atoms with Crippen molar-refractivity contribution in [2.75, 3.05) is 6.61 Å². The van der Waals surface area contributed by atoms with E-state index in [2.05, 4.69) is 6.92 Å². The van der Waals surface area contributed by atoms with Crippen molar-refractivity contribution in [2.24, 2.45) is 5.73 Å². The molecule has 0 fully saturated rings. The van der Waals surface area contributed by atoms with Crippen LogP contribution < -0.4 is 11.3 Å². The number of benzene rings is 1. The Hall–Kier alpha value is -3.63. The highest BCUT2D eigenvalue weighted by atomic mass is 19.1. The van der Waals surface area contributed by atoms with Gasteiger partial charge in [0.05, 0.1) is 29.0 Å². The number of hydrogen-bond acceptors (Lipinski definition) is 7. The number of amides is 1. The summed E-state index contributed by atoms with van der Waals surface area (Å²) in [5.74, 6) is -1.13. The summed E-state index contributed by atoms with van der Waals surface area (Å²) >= 11 is 0. The van der Waals surface area contributed by atoms with Gasteiger partial charge in [-0.25, -0.2) is 14.2 Å². The molecule has 1 aromatic carbocycles. The van der Waals surface area contributed by atoms with Crippen LogP contribution in [-0.4, -0.2) is 38.2 Å². The number of carbonyl (C=O) groups excluding carboxylic acids is 2. The fourth-order valence-electron chi connectivity index (χ4n) is 5.59. The summed E-state index contributed by atoms with van der Waals surface area (Å²) in [5.41, 5.74) is 10.6. The number of cyclic esters (lactones) is 1. The maximum Gasteiger partial charge on any atom is 0.340 e. The lowest BCUT2D eigenvalue weighted by Crippen LogP contribution is -2.32. The van der Waals surface area contributed by atoms with Crippen molar-refractivity contribution in [3.8, 4) is 11.4 Å². The average molecular weight is 540 g/mol. The van der Waals surface area contributed by atoms with Crippen LogP contribution in [-0.2, 0) is 33.9 Å². The van der Waals surface area contributed by atoms with Gasteiger partial charge in [-0.15, -0.1) is 0 Å². The van der Waals surface area contributed by atoms with Crippen molar-refractivity contribution in [3.05, 3.63) is 61.7 Å². The fraction of sp³-hybridized carbons (Fsp3) is 0.448. The number of rotatable bonds is 3. The Balaban J connectivity index is 0.000000345. The predicted molar refractivity (Wildman–Crippen MR) is 144 cm³/mol. The van der Waals surface area contributed by atoms with Gasteiger partial charge in [0.2, 0.25) is 5.91 Å². The second-order valence-corrected chi connectivity index (χ2v) is 9.81. The number of nitrogens with two attached hydrogens (primary N) is 1. The molecule has 208 valence electrons. The van der Waals surface area contributed by atoms with E-state index in [4.69, 9.17) is 20.6 Å². The number of esters is 1. The molecule has 0 radical (unpaired) electrons. The van der Waals surface area contributed by atoms with Crippen molar-refractivity contribution in [1.29, 1.82) is 0 Å². The minimum Gasteiger partial charge on any atom is -0.458 e. The highest BCUT2D eigenvalue weighted by Gasteiger charge is 2.36. The molecule has 2 aliphatic heterocycles. The normalized spacial score (nSPS) is 18.1. The Morgan fingerprint density at radius 1 is 1.23 bits per heavy atom. The van der Waals surface area contributed by atoms with Gasteiger partial charge in [0.25, 0.3) is 5.56 Å². The summed E-state index contributed by atoms with van der Waals surface area (Å²) < 4.78 is 21.2. The first-order chi connectivity index (χ1) is 18.6. The molecule has 6 rings (SSSR count). The first-order valence-electron chi connectivity index (χ1n) is 13.3. The van der Waals surface area contributed by atoms with Gasteiger partial charge in [-0.3, -0.25) is 9.59 Å². The van der Waals surface area contributed by atoms with Gasteiger partial charge in [-0.05, 0) is 54.9 Å². The van der Waals surface area contributed by atoms with Crippen LogP contribution in [0.5, 0.6) is 0 Å². The smallest absolute Gasteiger partial charge is 0.340 e. The monoisotopic (exact) mass is 539 g/mol. The van der Waals surface area contributed by atoms with Crippen molar-refractivity contribution in [3.63, 3.8) is 0 Å². The van der Waals surface area contributed by atoms with Crippen LogP contribution >= 0.6 is 0 Å². The Kier molecular flexibility index (Phi) is 8.17. The SMILES string of the molecule is CC.Cc1c(F)cc2nc3c(c4c2c1CCC4C)Cn1c-3cc2c(c1=O)COC(=O)C2O.NC(=O)CCCO. The molecule has 0 spiro atoms. The van der Waals surface area contributed by atoms with Crippen LogP contribution in [0.15, 0.2) is 16.9 Å². The number of hydrogen-bond donors (Lipinski definition) is 3. The first kappa shape index (κ1) is 28.4. The molecule has 39 heavy (non-hydrogen) atoms. The third-order valence-corrected chi connectivity index (χ3v) is 7.52. The molecule has 10 heteroatoms. The van der Waals surface area contributed by atoms with Gasteiger partial charge in [0, 0.05) is 35.6 Å². The van der Waals surface area contributed by atoms with Crippen molar-refractivity contribution >= 4 is 22.8 Å². The molecular weight excluding hydrogens is 505 g/mol. The first-order valence-corrected chi connectivity index (χ1v) is 13.3. The number of carbonyl (C=O) groups is 2. The molecule has 4 heterocycles. The zero-order valence-corrected chi connectivity index (χ0v) is 22.6. The Morgan fingerprint density at radius 3 is 2.59 bits per heavy atom. The Labute approximate surface area is 225 Å². The third kappa shape index (κ3) is 4.83. The number of aromatic nitrogens is 2. The molecular formula is C29H34FN3O6. The Morgan fingerprint density at radius 2 is 1.95 bits per heavy atom. The molecule has 3 aliphatic rings. The summed E-state index contributed by atoms with van der Waals surface area (Å²) in [5, 5.41) is 19.4. The van der Waals surface area contributed by atoms with Crippen molar-refractivity contribution < 1.29 is 28.9 Å². The highest BCUT2D eigenvalue weighted by molar-refractivity contribution is 5.93. The molecule has 1 aliphatic carbocycles. The molecule has 2 unspecified atom stereocenters. The van der Waals surface area contributed by atoms with Gasteiger partial charge in [0.15, 0.2) is 6.10 Å². The van der Waals surface area contributed by atoms with E-state index in [1.807, 2.05) is 20.8 Å². The minimum atomic E-state index is -1.49. The largest absolute Gasteiger partial charge is 0.458 e. The molecule has 3 aromatic rings. The van der Waals surface area contributed by atoms with Gasteiger partial charge < -0.3 is 25.3 Å². The minimum absolute atomic E-state index is 0.0446. The quantitative estimate of drug-likeness (QED) is 0.339. The van der Waals surface area contributed by atoms with E-state index in [1.54, 1.807) is 10.6 Å². The molecule has 4 N–H and O–H groups in total. The zero-order chi connectivity index (χ0) is 28.6. The number of aliphatic hydroxyl groups is 2. The zero-order valence-electron chi connectivity index (χ0n) is 22.6. The van der Waals surface area contributed by atoms with Crippen molar-refractivity contribution in [2.45, 2.75) is 78.6 Å². The van der Waals surface area contributed by atoms with Gasteiger partial charge >= 0.3 is 5.97 Å². The number of aryl methyl sites for hydroxylation is 1. The number of fused-ring (bicyclic) bond motifs is 5. The van der Waals surface area contributed by atoms with Crippen LogP contribution in [0, 0.1) is 12.7 Å². The molecule has 1 amide bonds. The summed E-state index contributed by atoms with van der Waals surface area (Å²) in [6, 6.07) is 3.14. The standard InChI is InChI=1S/C23H19FN2O4.C4H9NO2.C2H6/c1-9-3-4-11-10(2)15(24)6-16-19(11)18(9)13-7-26-17(20(13)25-16)5-12-14(22(26)28)8-30-23(29)21(12)27;5-4(7)2-1-3-6;1-2/h5-6,9,21,27H,3-4,7-8H2,1-2H3;6H,1-3H2,(H2,5,7);1-2H3.